The van der Waals surface area contributed by atoms with Gasteiger partial charge in [-0.1, -0.05) is 19.8 Å². The normalized spacial score (nSPS) is 17.1. The van der Waals surface area contributed by atoms with Crippen molar-refractivity contribution in [1.82, 2.24) is 10.3 Å². The summed E-state index contributed by atoms with van der Waals surface area (Å²) >= 11 is 1.40. The molecule has 5 nitrogen and oxygen atoms in total. The molecule has 1 aliphatic carbocycles. The molecule has 1 fully saturated rings. The lowest BCUT2D eigenvalue weighted by Crippen LogP contribution is -2.47. The van der Waals surface area contributed by atoms with Crippen LogP contribution < -0.4 is 5.32 Å². The minimum atomic E-state index is -0.859. The first kappa shape index (κ1) is 15.0. The van der Waals surface area contributed by atoms with Crippen LogP contribution in [0.5, 0.6) is 0 Å². The van der Waals surface area contributed by atoms with Crippen molar-refractivity contribution in [1.29, 1.82) is 0 Å². The van der Waals surface area contributed by atoms with Gasteiger partial charge in [0.25, 0.3) is 5.91 Å². The molecule has 0 atom stereocenters. The molecule has 2 rings (SSSR count). The van der Waals surface area contributed by atoms with Crippen LogP contribution in [-0.4, -0.2) is 27.5 Å². The zero-order valence-corrected chi connectivity index (χ0v) is 12.7. The van der Waals surface area contributed by atoms with Crippen LogP contribution >= 0.6 is 11.3 Å². The molecule has 0 aromatic carbocycles. The van der Waals surface area contributed by atoms with E-state index in [2.05, 4.69) is 10.3 Å². The molecular weight excluding hydrogens is 276 g/mol. The fraction of sp³-hybridized carbons (Fsp3) is 0.643. The van der Waals surface area contributed by atoms with Gasteiger partial charge < -0.3 is 10.4 Å². The molecule has 1 saturated carbocycles. The Labute approximate surface area is 122 Å². The van der Waals surface area contributed by atoms with E-state index >= 15 is 0 Å². The highest BCUT2D eigenvalue weighted by molar-refractivity contribution is 7.13. The Bertz CT molecular complexity index is 518. The molecular formula is C14H20N2O3S. The summed E-state index contributed by atoms with van der Waals surface area (Å²) < 4.78 is 0. The Morgan fingerprint density at radius 3 is 2.55 bits per heavy atom. The van der Waals surface area contributed by atoms with Crippen LogP contribution in [0.1, 0.15) is 59.4 Å². The maximum Gasteiger partial charge on any atom is 0.305 e. The molecule has 1 heterocycles. The van der Waals surface area contributed by atoms with Gasteiger partial charge in [0.15, 0.2) is 0 Å². The van der Waals surface area contributed by atoms with Crippen LogP contribution in [0, 0.1) is 6.92 Å². The van der Waals surface area contributed by atoms with Gasteiger partial charge in [0.05, 0.1) is 22.7 Å². The lowest BCUT2D eigenvalue weighted by atomic mass is 9.93. The highest BCUT2D eigenvalue weighted by Gasteiger charge is 2.38. The number of carbonyl (C=O) groups is 2. The van der Waals surface area contributed by atoms with Crippen LogP contribution in [0.2, 0.25) is 0 Å². The van der Waals surface area contributed by atoms with Crippen molar-refractivity contribution < 1.29 is 14.7 Å². The Morgan fingerprint density at radius 2 is 2.05 bits per heavy atom. The summed E-state index contributed by atoms with van der Waals surface area (Å²) in [6.45, 7) is 3.83. The van der Waals surface area contributed by atoms with Crippen LogP contribution in [0.3, 0.4) is 0 Å². The lowest BCUT2D eigenvalue weighted by Gasteiger charge is -2.28. The number of aromatic nitrogens is 1. The first-order valence-electron chi connectivity index (χ1n) is 6.96. The van der Waals surface area contributed by atoms with Crippen molar-refractivity contribution in [2.24, 2.45) is 0 Å². The number of aryl methyl sites for hydroxylation is 2. The molecule has 6 heteroatoms. The van der Waals surface area contributed by atoms with E-state index in [0.29, 0.717) is 4.88 Å². The van der Waals surface area contributed by atoms with E-state index in [4.69, 9.17) is 5.11 Å². The van der Waals surface area contributed by atoms with Gasteiger partial charge in [-0.2, -0.15) is 0 Å². The third-order valence-corrected chi connectivity index (χ3v) is 5.08. The highest BCUT2D eigenvalue weighted by Crippen LogP contribution is 2.33. The molecule has 1 amide bonds. The van der Waals surface area contributed by atoms with Crippen LogP contribution in [0.25, 0.3) is 0 Å². The summed E-state index contributed by atoms with van der Waals surface area (Å²) in [6.07, 6.45) is 4.22. The number of hydrogen-bond donors (Lipinski definition) is 2. The fourth-order valence-electron chi connectivity index (χ4n) is 2.80. The molecule has 0 saturated heterocycles. The number of carboxylic acids is 1. The van der Waals surface area contributed by atoms with Gasteiger partial charge in [0.2, 0.25) is 0 Å². The molecule has 0 radical (unpaired) electrons. The maximum atomic E-state index is 12.4. The average Bonchev–Trinajstić information content (AvgIpc) is 2.95. The third-order valence-electron chi connectivity index (χ3n) is 3.78. The quantitative estimate of drug-likeness (QED) is 0.875. The Kier molecular flexibility index (Phi) is 4.42. The largest absolute Gasteiger partial charge is 0.481 e. The lowest BCUT2D eigenvalue weighted by molar-refractivity contribution is -0.138. The number of rotatable bonds is 5. The summed E-state index contributed by atoms with van der Waals surface area (Å²) in [4.78, 5) is 28.4. The Balaban J connectivity index is 2.15. The minimum Gasteiger partial charge on any atom is -0.481 e. The second kappa shape index (κ2) is 5.91. The van der Waals surface area contributed by atoms with Gasteiger partial charge in [-0.3, -0.25) is 9.59 Å². The van der Waals surface area contributed by atoms with E-state index in [1.165, 1.54) is 11.3 Å². The summed E-state index contributed by atoms with van der Waals surface area (Å²) in [5.41, 5.74) is 0.152. The smallest absolute Gasteiger partial charge is 0.305 e. The van der Waals surface area contributed by atoms with E-state index in [9.17, 15) is 9.59 Å². The molecule has 1 aromatic rings. The number of aliphatic carboxylic acids is 1. The SMILES string of the molecule is CCc1nc(C)c(C(=O)NC2(CC(=O)O)CCCC2)s1. The zero-order chi connectivity index (χ0) is 14.8. The van der Waals surface area contributed by atoms with E-state index in [1.807, 2.05) is 13.8 Å². The minimum absolute atomic E-state index is 0.00275. The third kappa shape index (κ3) is 3.17. The Hall–Kier alpha value is -1.43. The molecule has 1 aliphatic rings. The molecule has 0 aliphatic heterocycles. The van der Waals surface area contributed by atoms with Gasteiger partial charge >= 0.3 is 5.97 Å². The van der Waals surface area contributed by atoms with Gasteiger partial charge in [-0.15, -0.1) is 11.3 Å². The molecule has 0 bridgehead atoms. The molecule has 20 heavy (non-hydrogen) atoms. The molecule has 0 spiro atoms. The summed E-state index contributed by atoms with van der Waals surface area (Å²) in [7, 11) is 0. The van der Waals surface area contributed by atoms with Gasteiger partial charge in [-0.25, -0.2) is 4.98 Å². The van der Waals surface area contributed by atoms with Crippen LogP contribution in [-0.2, 0) is 11.2 Å². The van der Waals surface area contributed by atoms with E-state index in [1.54, 1.807) is 0 Å². The predicted octanol–water partition coefficient (Wildman–Crippen LogP) is 2.53. The second-order valence-corrected chi connectivity index (χ2v) is 6.47. The number of thiazole rings is 1. The van der Waals surface area contributed by atoms with E-state index in [0.717, 1.165) is 42.8 Å². The Morgan fingerprint density at radius 1 is 1.40 bits per heavy atom. The summed E-state index contributed by atoms with van der Waals surface area (Å²) in [5, 5.41) is 13.0. The molecule has 0 unspecified atom stereocenters. The van der Waals surface area contributed by atoms with Crippen molar-refractivity contribution in [3.63, 3.8) is 0 Å². The molecule has 2 N–H and O–H groups in total. The van der Waals surface area contributed by atoms with Crippen molar-refractivity contribution in [3.05, 3.63) is 15.6 Å². The standard InChI is InChI=1S/C14H20N2O3S/c1-3-10-15-9(2)12(20-10)13(19)16-14(8-11(17)18)6-4-5-7-14/h3-8H2,1-2H3,(H,16,19)(H,17,18). The van der Waals surface area contributed by atoms with Crippen molar-refractivity contribution in [3.8, 4) is 0 Å². The van der Waals surface area contributed by atoms with Crippen LogP contribution in [0.15, 0.2) is 0 Å². The first-order chi connectivity index (χ1) is 9.46. The van der Waals surface area contributed by atoms with E-state index < -0.39 is 11.5 Å². The van der Waals surface area contributed by atoms with Crippen molar-refractivity contribution >= 4 is 23.2 Å². The highest BCUT2D eigenvalue weighted by atomic mass is 32.1. The second-order valence-electron chi connectivity index (χ2n) is 5.39. The van der Waals surface area contributed by atoms with Gasteiger partial charge in [0, 0.05) is 0 Å². The van der Waals surface area contributed by atoms with Gasteiger partial charge in [-0.05, 0) is 26.2 Å². The average molecular weight is 296 g/mol. The topological polar surface area (TPSA) is 79.3 Å². The monoisotopic (exact) mass is 296 g/mol. The summed E-state index contributed by atoms with van der Waals surface area (Å²) in [6, 6.07) is 0. The van der Waals surface area contributed by atoms with Gasteiger partial charge in [0.1, 0.15) is 4.88 Å². The number of amides is 1. The molecule has 1 aromatic heterocycles. The number of carbonyl (C=O) groups excluding carboxylic acids is 1. The summed E-state index contributed by atoms with van der Waals surface area (Å²) in [5.74, 6) is -1.04. The predicted molar refractivity (Wildman–Crippen MR) is 77.1 cm³/mol. The number of carboxylic acid groups (broad SMARTS) is 1. The first-order valence-corrected chi connectivity index (χ1v) is 7.78. The zero-order valence-electron chi connectivity index (χ0n) is 11.9. The maximum absolute atomic E-state index is 12.4. The number of nitrogens with one attached hydrogen (secondary N) is 1. The molecule has 110 valence electrons. The number of nitrogens with zero attached hydrogens (tertiary/aromatic N) is 1. The van der Waals surface area contributed by atoms with E-state index in [-0.39, 0.29) is 12.3 Å². The van der Waals surface area contributed by atoms with Crippen LogP contribution in [0.4, 0.5) is 0 Å². The fourth-order valence-corrected chi connectivity index (χ4v) is 3.70. The van der Waals surface area contributed by atoms with Crippen molar-refractivity contribution in [2.75, 3.05) is 0 Å². The number of hydrogen-bond acceptors (Lipinski definition) is 4. The van der Waals surface area contributed by atoms with Crippen molar-refractivity contribution in [2.45, 2.75) is 57.9 Å².